The van der Waals surface area contributed by atoms with Gasteiger partial charge in [-0.25, -0.2) is 0 Å². The van der Waals surface area contributed by atoms with Crippen molar-refractivity contribution < 1.29 is 14.8 Å². The molecule has 0 aliphatic carbocycles. The van der Waals surface area contributed by atoms with E-state index in [2.05, 4.69) is 0 Å². The van der Waals surface area contributed by atoms with Gasteiger partial charge in [0, 0.05) is 11.0 Å². The first kappa shape index (κ1) is 14.2. The number of phenols is 1. The van der Waals surface area contributed by atoms with Gasteiger partial charge in [-0.3, -0.25) is 10.1 Å². The van der Waals surface area contributed by atoms with Gasteiger partial charge in [-0.15, -0.1) is 0 Å². The predicted molar refractivity (Wildman–Crippen MR) is 76.5 cm³/mol. The molecule has 104 valence electrons. The maximum absolute atomic E-state index is 10.9. The minimum absolute atomic E-state index is 0.0335. The second-order valence-corrected chi connectivity index (χ2v) is 5.04. The summed E-state index contributed by atoms with van der Waals surface area (Å²) in [4.78, 5) is 11.7. The Morgan fingerprint density at radius 3 is 2.70 bits per heavy atom. The number of aromatic hydroxyl groups is 1. The standard InChI is InChI=1S/C14H13NO4S/c1-2-19-11-7-10(15(17)18)8-12(9-11)20-14-6-4-3-5-13(14)16/h3-9,16H,2H2,1H3. The number of benzene rings is 2. The van der Waals surface area contributed by atoms with E-state index in [-0.39, 0.29) is 11.4 Å². The van der Waals surface area contributed by atoms with Gasteiger partial charge >= 0.3 is 0 Å². The highest BCUT2D eigenvalue weighted by molar-refractivity contribution is 7.99. The molecule has 0 amide bonds. The molecule has 6 heteroatoms. The van der Waals surface area contributed by atoms with E-state index in [9.17, 15) is 15.2 Å². The Kier molecular flexibility index (Phi) is 4.47. The number of para-hydroxylation sites is 1. The summed E-state index contributed by atoms with van der Waals surface area (Å²) in [5, 5.41) is 20.7. The van der Waals surface area contributed by atoms with Gasteiger partial charge in [-0.2, -0.15) is 0 Å². The molecular formula is C14H13NO4S. The zero-order chi connectivity index (χ0) is 14.5. The highest BCUT2D eigenvalue weighted by atomic mass is 32.2. The molecule has 0 aliphatic heterocycles. The number of phenolic OH excluding ortho intramolecular Hbond substituents is 1. The average Bonchev–Trinajstić information content (AvgIpc) is 2.41. The Morgan fingerprint density at radius 1 is 1.30 bits per heavy atom. The number of nitro groups is 1. The van der Waals surface area contributed by atoms with E-state index in [1.165, 1.54) is 23.9 Å². The number of non-ortho nitro benzene ring substituents is 1. The molecule has 0 saturated carbocycles. The maximum Gasteiger partial charge on any atom is 0.274 e. The van der Waals surface area contributed by atoms with E-state index in [0.717, 1.165) is 0 Å². The number of hydrogen-bond acceptors (Lipinski definition) is 5. The van der Waals surface area contributed by atoms with Crippen molar-refractivity contribution in [3.8, 4) is 11.5 Å². The van der Waals surface area contributed by atoms with Gasteiger partial charge in [0.05, 0.1) is 22.5 Å². The fourth-order valence-corrected chi connectivity index (χ4v) is 2.57. The summed E-state index contributed by atoms with van der Waals surface area (Å²) in [5.74, 6) is 0.585. The van der Waals surface area contributed by atoms with Crippen LogP contribution in [-0.2, 0) is 0 Å². The molecule has 0 atom stereocenters. The highest BCUT2D eigenvalue weighted by Crippen LogP contribution is 2.37. The number of nitro benzene ring substituents is 1. The molecule has 0 aromatic heterocycles. The zero-order valence-corrected chi connectivity index (χ0v) is 11.6. The SMILES string of the molecule is CCOc1cc(Sc2ccccc2O)cc([N+](=O)[O-])c1. The fourth-order valence-electron chi connectivity index (χ4n) is 1.64. The first-order chi connectivity index (χ1) is 9.60. The smallest absolute Gasteiger partial charge is 0.274 e. The topological polar surface area (TPSA) is 72.6 Å². The van der Waals surface area contributed by atoms with Crippen LogP contribution >= 0.6 is 11.8 Å². The summed E-state index contributed by atoms with van der Waals surface area (Å²) in [6.45, 7) is 2.25. The highest BCUT2D eigenvalue weighted by Gasteiger charge is 2.12. The molecule has 0 spiro atoms. The first-order valence-electron chi connectivity index (χ1n) is 5.98. The quantitative estimate of drug-likeness (QED) is 0.669. The lowest BCUT2D eigenvalue weighted by molar-refractivity contribution is -0.385. The summed E-state index contributed by atoms with van der Waals surface area (Å²) in [6.07, 6.45) is 0. The molecule has 0 saturated heterocycles. The molecule has 2 rings (SSSR count). The van der Waals surface area contributed by atoms with E-state index < -0.39 is 4.92 Å². The number of rotatable bonds is 5. The summed E-state index contributed by atoms with van der Waals surface area (Å²) in [7, 11) is 0. The second-order valence-electron chi connectivity index (χ2n) is 3.92. The monoisotopic (exact) mass is 291 g/mol. The summed E-state index contributed by atoms with van der Waals surface area (Å²) < 4.78 is 5.33. The van der Waals surface area contributed by atoms with Gasteiger partial charge in [0.2, 0.25) is 0 Å². The molecule has 1 N–H and O–H groups in total. The molecule has 0 fully saturated rings. The van der Waals surface area contributed by atoms with Crippen LogP contribution in [0.1, 0.15) is 6.92 Å². The van der Waals surface area contributed by atoms with Crippen molar-refractivity contribution in [3.05, 3.63) is 52.6 Å². The second kappa shape index (κ2) is 6.29. The van der Waals surface area contributed by atoms with Crippen LogP contribution in [0.25, 0.3) is 0 Å². The van der Waals surface area contributed by atoms with Crippen molar-refractivity contribution in [2.24, 2.45) is 0 Å². The molecule has 2 aromatic carbocycles. The lowest BCUT2D eigenvalue weighted by Gasteiger charge is -2.07. The third-order valence-corrected chi connectivity index (χ3v) is 3.52. The van der Waals surface area contributed by atoms with Crippen LogP contribution in [0.5, 0.6) is 11.5 Å². The summed E-state index contributed by atoms with van der Waals surface area (Å²) in [5.41, 5.74) is -0.0335. The van der Waals surface area contributed by atoms with Crippen LogP contribution < -0.4 is 4.74 Å². The molecule has 5 nitrogen and oxygen atoms in total. The van der Waals surface area contributed by atoms with E-state index in [1.807, 2.05) is 6.92 Å². The Hall–Kier alpha value is -2.21. The molecule has 0 bridgehead atoms. The van der Waals surface area contributed by atoms with Crippen molar-refractivity contribution >= 4 is 17.4 Å². The van der Waals surface area contributed by atoms with E-state index in [4.69, 9.17) is 4.74 Å². The lowest BCUT2D eigenvalue weighted by Crippen LogP contribution is -1.94. The molecule has 0 heterocycles. The fraction of sp³-hybridized carbons (Fsp3) is 0.143. The van der Waals surface area contributed by atoms with Crippen molar-refractivity contribution in [3.63, 3.8) is 0 Å². The van der Waals surface area contributed by atoms with Gasteiger partial charge < -0.3 is 9.84 Å². The molecular weight excluding hydrogens is 278 g/mol. The maximum atomic E-state index is 10.9. The van der Waals surface area contributed by atoms with Crippen LogP contribution in [0.4, 0.5) is 5.69 Å². The minimum atomic E-state index is -0.461. The van der Waals surface area contributed by atoms with Crippen LogP contribution in [-0.4, -0.2) is 16.6 Å². The van der Waals surface area contributed by atoms with Crippen LogP contribution in [0, 0.1) is 10.1 Å². The molecule has 0 unspecified atom stereocenters. The van der Waals surface area contributed by atoms with Crippen LogP contribution in [0.3, 0.4) is 0 Å². The van der Waals surface area contributed by atoms with E-state index >= 15 is 0 Å². The third-order valence-electron chi connectivity index (χ3n) is 2.48. The van der Waals surface area contributed by atoms with Gasteiger partial charge in [0.1, 0.15) is 11.5 Å². The normalized spacial score (nSPS) is 10.2. The Bertz CT molecular complexity index is 630. The van der Waals surface area contributed by atoms with E-state index in [0.29, 0.717) is 22.1 Å². The van der Waals surface area contributed by atoms with Crippen molar-refractivity contribution in [1.29, 1.82) is 0 Å². The summed E-state index contributed by atoms with van der Waals surface area (Å²) >= 11 is 1.25. The largest absolute Gasteiger partial charge is 0.507 e. The third kappa shape index (κ3) is 3.42. The predicted octanol–water partition coefficient (Wildman–Crippen LogP) is 3.85. The van der Waals surface area contributed by atoms with Gasteiger partial charge in [0.15, 0.2) is 0 Å². The molecule has 20 heavy (non-hydrogen) atoms. The molecule has 0 radical (unpaired) electrons. The van der Waals surface area contributed by atoms with Gasteiger partial charge in [0.25, 0.3) is 5.69 Å². The van der Waals surface area contributed by atoms with Crippen LogP contribution in [0.15, 0.2) is 52.3 Å². The van der Waals surface area contributed by atoms with Gasteiger partial charge in [-0.1, -0.05) is 23.9 Å². The zero-order valence-electron chi connectivity index (χ0n) is 10.8. The minimum Gasteiger partial charge on any atom is -0.507 e. The molecule has 2 aromatic rings. The van der Waals surface area contributed by atoms with E-state index in [1.54, 1.807) is 30.3 Å². The Balaban J connectivity index is 2.35. The summed E-state index contributed by atoms with van der Waals surface area (Å²) in [6, 6.07) is 11.4. The number of ether oxygens (including phenoxy) is 1. The van der Waals surface area contributed by atoms with Gasteiger partial charge in [-0.05, 0) is 25.1 Å². The van der Waals surface area contributed by atoms with Crippen molar-refractivity contribution in [2.45, 2.75) is 16.7 Å². The Morgan fingerprint density at radius 2 is 2.05 bits per heavy atom. The lowest BCUT2D eigenvalue weighted by atomic mass is 10.3. The van der Waals surface area contributed by atoms with Crippen molar-refractivity contribution in [2.75, 3.05) is 6.61 Å². The number of nitrogens with zero attached hydrogens (tertiary/aromatic N) is 1. The average molecular weight is 291 g/mol. The van der Waals surface area contributed by atoms with Crippen LogP contribution in [0.2, 0.25) is 0 Å². The Labute approximate surface area is 120 Å². The van der Waals surface area contributed by atoms with Crippen molar-refractivity contribution in [1.82, 2.24) is 0 Å². The number of hydrogen-bond donors (Lipinski definition) is 1. The molecule has 0 aliphatic rings. The first-order valence-corrected chi connectivity index (χ1v) is 6.80.